The van der Waals surface area contributed by atoms with Crippen LogP contribution in [-0.4, -0.2) is 48.8 Å². The van der Waals surface area contributed by atoms with Crippen LogP contribution in [0.1, 0.15) is 12.8 Å². The van der Waals surface area contributed by atoms with Crippen molar-refractivity contribution in [1.29, 1.82) is 0 Å². The van der Waals surface area contributed by atoms with Crippen molar-refractivity contribution in [2.45, 2.75) is 18.9 Å². The van der Waals surface area contributed by atoms with Crippen molar-refractivity contribution in [2.75, 3.05) is 23.5 Å². The second-order valence-electron chi connectivity index (χ2n) is 4.55. The molecule has 1 aliphatic rings. The van der Waals surface area contributed by atoms with Gasteiger partial charge in [0.05, 0.1) is 12.6 Å². The quantitative estimate of drug-likeness (QED) is 0.496. The van der Waals surface area contributed by atoms with Gasteiger partial charge >= 0.3 is 0 Å². The van der Waals surface area contributed by atoms with Gasteiger partial charge in [-0.05, 0) is 12.8 Å². The van der Waals surface area contributed by atoms with Crippen molar-refractivity contribution in [1.82, 2.24) is 24.5 Å². The summed E-state index contributed by atoms with van der Waals surface area (Å²) in [5.41, 5.74) is 2.44. The molecule has 2 aromatic heterocycles. The van der Waals surface area contributed by atoms with Gasteiger partial charge in [0, 0.05) is 18.9 Å². The zero-order valence-electron chi connectivity index (χ0n) is 10.8. The van der Waals surface area contributed by atoms with Crippen molar-refractivity contribution in [3.63, 3.8) is 0 Å². The molecule has 1 fully saturated rings. The Labute approximate surface area is 115 Å². The molecule has 2 aromatic rings. The number of aromatic nitrogens is 5. The molecule has 0 saturated carbocycles. The Hall–Kier alpha value is -2.26. The lowest BCUT2D eigenvalue weighted by molar-refractivity contribution is 0.265. The number of hydrazine groups is 1. The SMILES string of the molecule is NNc1nc(N2CCCC2CO)nc(-n2ccnc2)n1. The van der Waals surface area contributed by atoms with Crippen LogP contribution >= 0.6 is 0 Å². The number of rotatable bonds is 4. The lowest BCUT2D eigenvalue weighted by Gasteiger charge is -2.23. The molecule has 3 heterocycles. The van der Waals surface area contributed by atoms with E-state index in [4.69, 9.17) is 5.84 Å². The van der Waals surface area contributed by atoms with Gasteiger partial charge in [0.1, 0.15) is 6.33 Å². The van der Waals surface area contributed by atoms with Crippen LogP contribution in [0.25, 0.3) is 5.95 Å². The number of anilines is 2. The maximum atomic E-state index is 9.41. The Bertz CT molecular complexity index is 572. The van der Waals surface area contributed by atoms with Crippen molar-refractivity contribution in [2.24, 2.45) is 5.84 Å². The van der Waals surface area contributed by atoms with E-state index in [0.29, 0.717) is 11.9 Å². The van der Waals surface area contributed by atoms with Gasteiger partial charge in [0.25, 0.3) is 0 Å². The number of nitrogens with two attached hydrogens (primary N) is 1. The summed E-state index contributed by atoms with van der Waals surface area (Å²) in [5, 5.41) is 9.41. The van der Waals surface area contributed by atoms with Crippen LogP contribution in [0.2, 0.25) is 0 Å². The summed E-state index contributed by atoms with van der Waals surface area (Å²) in [7, 11) is 0. The smallest absolute Gasteiger partial charge is 0.243 e. The van der Waals surface area contributed by atoms with Gasteiger partial charge in [-0.1, -0.05) is 0 Å². The molecule has 0 amide bonds. The first-order valence-electron chi connectivity index (χ1n) is 6.40. The minimum Gasteiger partial charge on any atom is -0.394 e. The van der Waals surface area contributed by atoms with Crippen LogP contribution in [0, 0.1) is 0 Å². The van der Waals surface area contributed by atoms with Crippen LogP contribution < -0.4 is 16.2 Å². The van der Waals surface area contributed by atoms with E-state index >= 15 is 0 Å². The normalized spacial score (nSPS) is 18.5. The standard InChI is InChI=1S/C11H16N8O/c12-17-9-14-10(18-5-3-13-7-18)16-11(15-9)19-4-1-2-8(19)6-20/h3,5,7-8,20H,1-2,4,6,12H2,(H,14,15,16,17). The maximum absolute atomic E-state index is 9.41. The molecule has 9 heteroatoms. The van der Waals surface area contributed by atoms with Gasteiger partial charge in [-0.15, -0.1) is 0 Å². The highest BCUT2D eigenvalue weighted by molar-refractivity contribution is 5.41. The first-order chi connectivity index (χ1) is 9.81. The first-order valence-corrected chi connectivity index (χ1v) is 6.40. The summed E-state index contributed by atoms with van der Waals surface area (Å²) >= 11 is 0. The fourth-order valence-corrected chi connectivity index (χ4v) is 2.33. The molecule has 0 aliphatic carbocycles. The zero-order chi connectivity index (χ0) is 13.9. The first kappa shape index (κ1) is 12.8. The summed E-state index contributed by atoms with van der Waals surface area (Å²) in [6.45, 7) is 0.889. The van der Waals surface area contributed by atoms with Crippen LogP contribution in [0.15, 0.2) is 18.7 Å². The largest absolute Gasteiger partial charge is 0.394 e. The van der Waals surface area contributed by atoms with E-state index in [1.165, 1.54) is 0 Å². The Balaban J connectivity index is 2.00. The second kappa shape index (κ2) is 5.39. The summed E-state index contributed by atoms with van der Waals surface area (Å²) in [5.74, 6) is 6.63. The third-order valence-corrected chi connectivity index (χ3v) is 3.32. The van der Waals surface area contributed by atoms with E-state index in [-0.39, 0.29) is 18.6 Å². The molecular formula is C11H16N8O. The molecule has 20 heavy (non-hydrogen) atoms. The molecular weight excluding hydrogens is 260 g/mol. The minimum atomic E-state index is 0.0404. The van der Waals surface area contributed by atoms with E-state index in [1.54, 1.807) is 23.3 Å². The number of nitrogen functional groups attached to an aromatic ring is 1. The molecule has 1 unspecified atom stereocenters. The third-order valence-electron chi connectivity index (χ3n) is 3.32. The van der Waals surface area contributed by atoms with Gasteiger partial charge in [-0.25, -0.2) is 10.8 Å². The minimum absolute atomic E-state index is 0.0404. The number of aliphatic hydroxyl groups is 1. The molecule has 1 aliphatic heterocycles. The molecule has 3 rings (SSSR count). The number of aliphatic hydroxyl groups excluding tert-OH is 1. The lowest BCUT2D eigenvalue weighted by Crippen LogP contribution is -2.34. The van der Waals surface area contributed by atoms with E-state index < -0.39 is 0 Å². The van der Waals surface area contributed by atoms with E-state index in [0.717, 1.165) is 19.4 Å². The molecule has 0 bridgehead atoms. The summed E-state index contributed by atoms with van der Waals surface area (Å²) < 4.78 is 1.68. The Morgan fingerprint density at radius 1 is 1.35 bits per heavy atom. The maximum Gasteiger partial charge on any atom is 0.243 e. The van der Waals surface area contributed by atoms with Crippen LogP contribution in [0.3, 0.4) is 0 Å². The van der Waals surface area contributed by atoms with Crippen molar-refractivity contribution >= 4 is 11.9 Å². The molecule has 9 nitrogen and oxygen atoms in total. The third kappa shape index (κ3) is 2.28. The van der Waals surface area contributed by atoms with Crippen molar-refractivity contribution in [3.05, 3.63) is 18.7 Å². The highest BCUT2D eigenvalue weighted by atomic mass is 16.3. The van der Waals surface area contributed by atoms with Gasteiger partial charge in [0.15, 0.2) is 0 Å². The number of nitrogens with zero attached hydrogens (tertiary/aromatic N) is 6. The van der Waals surface area contributed by atoms with Gasteiger partial charge in [-0.3, -0.25) is 9.99 Å². The Morgan fingerprint density at radius 3 is 2.90 bits per heavy atom. The van der Waals surface area contributed by atoms with Gasteiger partial charge in [-0.2, -0.15) is 15.0 Å². The topological polar surface area (TPSA) is 118 Å². The van der Waals surface area contributed by atoms with Crippen LogP contribution in [0.5, 0.6) is 0 Å². The van der Waals surface area contributed by atoms with E-state index in [1.807, 2.05) is 4.90 Å². The monoisotopic (exact) mass is 276 g/mol. The number of imidazole rings is 1. The highest BCUT2D eigenvalue weighted by Gasteiger charge is 2.27. The fraction of sp³-hybridized carbons (Fsp3) is 0.455. The van der Waals surface area contributed by atoms with Crippen LogP contribution in [-0.2, 0) is 0 Å². The van der Waals surface area contributed by atoms with Crippen molar-refractivity contribution < 1.29 is 5.11 Å². The molecule has 0 aromatic carbocycles. The molecule has 4 N–H and O–H groups in total. The predicted molar refractivity (Wildman–Crippen MR) is 72.2 cm³/mol. The molecule has 1 atom stereocenters. The van der Waals surface area contributed by atoms with Gasteiger partial charge < -0.3 is 10.0 Å². The summed E-state index contributed by atoms with van der Waals surface area (Å²) in [6.07, 6.45) is 6.92. The zero-order valence-corrected chi connectivity index (χ0v) is 10.8. The highest BCUT2D eigenvalue weighted by Crippen LogP contribution is 2.23. The number of hydrogen-bond acceptors (Lipinski definition) is 8. The Kier molecular flexibility index (Phi) is 3.44. The fourth-order valence-electron chi connectivity index (χ4n) is 2.33. The molecule has 106 valence electrons. The second-order valence-corrected chi connectivity index (χ2v) is 4.55. The predicted octanol–water partition coefficient (Wildman–Crippen LogP) is -0.696. The lowest BCUT2D eigenvalue weighted by atomic mass is 10.2. The molecule has 0 radical (unpaired) electrons. The van der Waals surface area contributed by atoms with Crippen molar-refractivity contribution in [3.8, 4) is 5.95 Å². The van der Waals surface area contributed by atoms with Gasteiger partial charge in [0.2, 0.25) is 17.8 Å². The number of hydrogen-bond donors (Lipinski definition) is 3. The average Bonchev–Trinajstić information content (AvgIpc) is 3.17. The summed E-state index contributed by atoms with van der Waals surface area (Å²) in [6, 6.07) is 0.0404. The van der Waals surface area contributed by atoms with E-state index in [2.05, 4.69) is 25.4 Å². The molecule has 1 saturated heterocycles. The van der Waals surface area contributed by atoms with E-state index in [9.17, 15) is 5.11 Å². The molecule has 0 spiro atoms. The number of nitrogens with one attached hydrogen (secondary N) is 1. The summed E-state index contributed by atoms with van der Waals surface area (Å²) in [4.78, 5) is 18.8. The average molecular weight is 276 g/mol. The van der Waals surface area contributed by atoms with Crippen LogP contribution in [0.4, 0.5) is 11.9 Å². The Morgan fingerprint density at radius 2 is 2.20 bits per heavy atom.